The third kappa shape index (κ3) is 2.43. The first kappa shape index (κ1) is 12.5. The SMILES string of the molecule is O=c1[nH]ncc(NN=Cc2ccc3c(c2)OCO3)c1Cl. The predicted octanol–water partition coefficient (Wildman–Crippen LogP) is 1.60. The van der Waals surface area contributed by atoms with Crippen LogP contribution in [0.4, 0.5) is 5.69 Å². The molecule has 0 unspecified atom stereocenters. The predicted molar refractivity (Wildman–Crippen MR) is 73.6 cm³/mol. The zero-order valence-corrected chi connectivity index (χ0v) is 10.8. The fraction of sp³-hybridized carbons (Fsp3) is 0.0833. The Kier molecular flexibility index (Phi) is 3.26. The van der Waals surface area contributed by atoms with Crippen molar-refractivity contribution in [3.63, 3.8) is 0 Å². The van der Waals surface area contributed by atoms with Crippen molar-refractivity contribution >= 4 is 23.5 Å². The van der Waals surface area contributed by atoms with Gasteiger partial charge in [0.05, 0.1) is 12.4 Å². The summed E-state index contributed by atoms with van der Waals surface area (Å²) in [7, 11) is 0. The number of hydrogen-bond acceptors (Lipinski definition) is 6. The van der Waals surface area contributed by atoms with E-state index in [1.54, 1.807) is 18.3 Å². The molecule has 7 nitrogen and oxygen atoms in total. The number of fused-ring (bicyclic) bond motifs is 1. The van der Waals surface area contributed by atoms with Crippen molar-refractivity contribution in [3.05, 3.63) is 45.3 Å². The molecule has 8 heteroatoms. The summed E-state index contributed by atoms with van der Waals surface area (Å²) < 4.78 is 10.5. The maximum atomic E-state index is 11.2. The van der Waals surface area contributed by atoms with Crippen LogP contribution in [0.2, 0.25) is 5.02 Å². The highest BCUT2D eigenvalue weighted by Gasteiger charge is 2.12. The lowest BCUT2D eigenvalue weighted by Gasteiger charge is -2.01. The summed E-state index contributed by atoms with van der Waals surface area (Å²) in [6.45, 7) is 0.224. The third-order valence-electron chi connectivity index (χ3n) is 2.59. The highest BCUT2D eigenvalue weighted by atomic mass is 35.5. The molecule has 0 bridgehead atoms. The van der Waals surface area contributed by atoms with Gasteiger partial charge in [0.15, 0.2) is 11.5 Å². The summed E-state index contributed by atoms with van der Waals surface area (Å²) in [5.74, 6) is 1.38. The van der Waals surface area contributed by atoms with E-state index in [0.717, 1.165) is 5.56 Å². The van der Waals surface area contributed by atoms with Gasteiger partial charge in [0.2, 0.25) is 6.79 Å². The summed E-state index contributed by atoms with van der Waals surface area (Å²) in [6, 6.07) is 5.42. The second-order valence-electron chi connectivity index (χ2n) is 3.91. The maximum Gasteiger partial charge on any atom is 0.285 e. The number of anilines is 1. The lowest BCUT2D eigenvalue weighted by atomic mass is 10.2. The number of hydrazone groups is 1. The molecule has 3 rings (SSSR count). The van der Waals surface area contributed by atoms with Crippen molar-refractivity contribution < 1.29 is 9.47 Å². The molecule has 0 atom stereocenters. The lowest BCUT2D eigenvalue weighted by molar-refractivity contribution is 0.174. The minimum absolute atomic E-state index is 0.00263. The fourth-order valence-electron chi connectivity index (χ4n) is 1.63. The summed E-state index contributed by atoms with van der Waals surface area (Å²) >= 11 is 5.80. The van der Waals surface area contributed by atoms with Crippen LogP contribution >= 0.6 is 11.6 Å². The van der Waals surface area contributed by atoms with Crippen LogP contribution < -0.4 is 20.5 Å². The molecule has 102 valence electrons. The number of benzene rings is 1. The molecule has 0 aliphatic carbocycles. The monoisotopic (exact) mass is 292 g/mol. The molecule has 1 aliphatic rings. The number of H-pyrrole nitrogens is 1. The van der Waals surface area contributed by atoms with Gasteiger partial charge in [-0.15, -0.1) is 0 Å². The number of nitrogens with one attached hydrogen (secondary N) is 2. The van der Waals surface area contributed by atoms with Crippen LogP contribution in [0.1, 0.15) is 5.56 Å². The Morgan fingerprint density at radius 1 is 1.40 bits per heavy atom. The number of aromatic amines is 1. The summed E-state index contributed by atoms with van der Waals surface area (Å²) in [6.07, 6.45) is 2.94. The van der Waals surface area contributed by atoms with E-state index in [2.05, 4.69) is 20.7 Å². The molecule has 0 radical (unpaired) electrons. The standard InChI is InChI=1S/C12H9ClN4O3/c13-11-8(5-15-17-12(11)18)16-14-4-7-1-2-9-10(3-7)20-6-19-9/h1-5H,6H2,(H2,16,17,18). The number of halogens is 1. The Morgan fingerprint density at radius 2 is 2.25 bits per heavy atom. The molecule has 1 aliphatic heterocycles. The van der Waals surface area contributed by atoms with E-state index < -0.39 is 5.56 Å². The molecule has 2 N–H and O–H groups in total. The van der Waals surface area contributed by atoms with E-state index in [4.69, 9.17) is 21.1 Å². The molecule has 2 aromatic rings. The zero-order chi connectivity index (χ0) is 13.9. The molecule has 2 heterocycles. The average molecular weight is 293 g/mol. The van der Waals surface area contributed by atoms with Gasteiger partial charge in [-0.1, -0.05) is 11.6 Å². The summed E-state index contributed by atoms with van der Waals surface area (Å²) in [5.41, 5.74) is 3.32. The zero-order valence-electron chi connectivity index (χ0n) is 10.1. The van der Waals surface area contributed by atoms with Crippen molar-refractivity contribution in [1.82, 2.24) is 10.2 Å². The van der Waals surface area contributed by atoms with Gasteiger partial charge in [0, 0.05) is 0 Å². The third-order valence-corrected chi connectivity index (χ3v) is 2.97. The van der Waals surface area contributed by atoms with E-state index in [1.807, 2.05) is 6.07 Å². The van der Waals surface area contributed by atoms with Gasteiger partial charge < -0.3 is 9.47 Å². The van der Waals surface area contributed by atoms with Gasteiger partial charge in [0.25, 0.3) is 5.56 Å². The molecule has 1 aromatic carbocycles. The molecular weight excluding hydrogens is 284 g/mol. The van der Waals surface area contributed by atoms with Crippen LogP contribution in [0, 0.1) is 0 Å². The highest BCUT2D eigenvalue weighted by molar-refractivity contribution is 6.32. The number of hydrogen-bond donors (Lipinski definition) is 2. The van der Waals surface area contributed by atoms with Crippen molar-refractivity contribution in [1.29, 1.82) is 0 Å². The topological polar surface area (TPSA) is 88.6 Å². The second-order valence-corrected chi connectivity index (χ2v) is 4.29. The lowest BCUT2D eigenvalue weighted by Crippen LogP contribution is -2.10. The normalized spacial score (nSPS) is 12.8. The minimum Gasteiger partial charge on any atom is -0.454 e. The minimum atomic E-state index is -0.477. The van der Waals surface area contributed by atoms with Crippen LogP contribution in [0.15, 0.2) is 34.3 Å². The molecule has 0 saturated heterocycles. The molecule has 1 aromatic heterocycles. The van der Waals surface area contributed by atoms with Crippen molar-refractivity contribution in [2.75, 3.05) is 12.2 Å². The largest absolute Gasteiger partial charge is 0.454 e. The van der Waals surface area contributed by atoms with Gasteiger partial charge in [-0.25, -0.2) is 5.10 Å². The van der Waals surface area contributed by atoms with Gasteiger partial charge in [0.1, 0.15) is 10.7 Å². The Balaban J connectivity index is 1.75. The van der Waals surface area contributed by atoms with Crippen molar-refractivity contribution in [2.24, 2.45) is 5.10 Å². The van der Waals surface area contributed by atoms with Gasteiger partial charge in [-0.2, -0.15) is 10.2 Å². The van der Waals surface area contributed by atoms with E-state index >= 15 is 0 Å². The number of rotatable bonds is 3. The van der Waals surface area contributed by atoms with E-state index in [9.17, 15) is 4.79 Å². The first-order valence-electron chi connectivity index (χ1n) is 5.66. The Bertz CT molecular complexity index is 729. The Labute approximate surface area is 118 Å². The number of aromatic nitrogens is 2. The van der Waals surface area contributed by atoms with Crippen LogP contribution in [0.25, 0.3) is 0 Å². The van der Waals surface area contributed by atoms with Crippen LogP contribution in [0.3, 0.4) is 0 Å². The second kappa shape index (κ2) is 5.22. The first-order valence-corrected chi connectivity index (χ1v) is 6.04. The molecule has 0 saturated carbocycles. The first-order chi connectivity index (χ1) is 9.74. The Morgan fingerprint density at radius 3 is 3.15 bits per heavy atom. The van der Waals surface area contributed by atoms with Crippen LogP contribution in [0.5, 0.6) is 11.5 Å². The molecule has 0 amide bonds. The highest BCUT2D eigenvalue weighted by Crippen LogP contribution is 2.31. The van der Waals surface area contributed by atoms with Crippen LogP contribution in [-0.4, -0.2) is 23.2 Å². The van der Waals surface area contributed by atoms with Crippen molar-refractivity contribution in [2.45, 2.75) is 0 Å². The fourth-order valence-corrected chi connectivity index (χ4v) is 1.76. The summed E-state index contributed by atoms with van der Waals surface area (Å²) in [4.78, 5) is 11.2. The van der Waals surface area contributed by atoms with Gasteiger partial charge in [-0.05, 0) is 23.8 Å². The molecule has 0 fully saturated rings. The number of ether oxygens (including phenoxy) is 2. The van der Waals surface area contributed by atoms with E-state index in [-0.39, 0.29) is 11.8 Å². The molecule has 0 spiro atoms. The van der Waals surface area contributed by atoms with E-state index in [0.29, 0.717) is 17.2 Å². The maximum absolute atomic E-state index is 11.2. The average Bonchev–Trinajstić information content (AvgIpc) is 2.91. The van der Waals surface area contributed by atoms with Gasteiger partial charge in [-0.3, -0.25) is 10.2 Å². The summed E-state index contributed by atoms with van der Waals surface area (Å²) in [5, 5.41) is 9.83. The molecular formula is C12H9ClN4O3. The quantitative estimate of drug-likeness (QED) is 0.662. The smallest absolute Gasteiger partial charge is 0.285 e. The van der Waals surface area contributed by atoms with Crippen molar-refractivity contribution in [3.8, 4) is 11.5 Å². The van der Waals surface area contributed by atoms with Gasteiger partial charge >= 0.3 is 0 Å². The number of nitrogens with zero attached hydrogens (tertiary/aromatic N) is 2. The van der Waals surface area contributed by atoms with Crippen LogP contribution in [-0.2, 0) is 0 Å². The Hall–Kier alpha value is -2.54. The van der Waals surface area contributed by atoms with E-state index in [1.165, 1.54) is 6.20 Å². The molecule has 20 heavy (non-hydrogen) atoms.